The SMILES string of the molecule is CCCCS(=O)(=O)NC(C)c1ccc2c(c1)OCO2. The molecule has 0 radical (unpaired) electrons. The van der Waals surface area contributed by atoms with Crippen LogP contribution in [-0.4, -0.2) is 21.0 Å². The van der Waals surface area contributed by atoms with Crippen molar-refractivity contribution in [3.8, 4) is 11.5 Å². The normalized spacial score (nSPS) is 15.5. The Kier molecular flexibility index (Phi) is 4.31. The molecule has 1 aliphatic rings. The van der Waals surface area contributed by atoms with Gasteiger partial charge in [-0.3, -0.25) is 0 Å². The van der Waals surface area contributed by atoms with Crippen LogP contribution in [-0.2, 0) is 10.0 Å². The summed E-state index contributed by atoms with van der Waals surface area (Å²) in [6.45, 7) is 4.01. The van der Waals surface area contributed by atoms with Gasteiger partial charge in [-0.1, -0.05) is 19.4 Å². The van der Waals surface area contributed by atoms with Gasteiger partial charge in [-0.05, 0) is 31.0 Å². The predicted molar refractivity (Wildman–Crippen MR) is 72.8 cm³/mol. The molecular weight excluding hydrogens is 266 g/mol. The first-order chi connectivity index (χ1) is 9.02. The number of unbranched alkanes of at least 4 members (excludes halogenated alkanes) is 1. The maximum absolute atomic E-state index is 11.8. The number of rotatable bonds is 6. The van der Waals surface area contributed by atoms with Crippen molar-refractivity contribution < 1.29 is 17.9 Å². The molecular formula is C13H19NO4S. The molecule has 19 heavy (non-hydrogen) atoms. The molecule has 1 N–H and O–H groups in total. The minimum Gasteiger partial charge on any atom is -0.454 e. The summed E-state index contributed by atoms with van der Waals surface area (Å²) in [5.41, 5.74) is 0.865. The van der Waals surface area contributed by atoms with Gasteiger partial charge in [0.15, 0.2) is 11.5 Å². The summed E-state index contributed by atoms with van der Waals surface area (Å²) in [5, 5.41) is 0. The van der Waals surface area contributed by atoms with Gasteiger partial charge in [0.05, 0.1) is 5.75 Å². The minimum atomic E-state index is -3.23. The second-order valence-corrected chi connectivity index (χ2v) is 6.50. The van der Waals surface area contributed by atoms with Crippen molar-refractivity contribution in [1.82, 2.24) is 4.72 Å². The van der Waals surface area contributed by atoms with E-state index < -0.39 is 10.0 Å². The number of ether oxygens (including phenoxy) is 2. The molecule has 106 valence electrons. The second-order valence-electron chi connectivity index (χ2n) is 4.62. The summed E-state index contributed by atoms with van der Waals surface area (Å²) in [6.07, 6.45) is 1.53. The van der Waals surface area contributed by atoms with E-state index in [0.717, 1.165) is 12.0 Å². The summed E-state index contributed by atoms with van der Waals surface area (Å²) in [5.74, 6) is 1.53. The molecule has 0 aromatic heterocycles. The number of fused-ring (bicyclic) bond motifs is 1. The lowest BCUT2D eigenvalue weighted by molar-refractivity contribution is 0.174. The molecule has 1 heterocycles. The molecule has 0 saturated carbocycles. The molecule has 1 unspecified atom stereocenters. The van der Waals surface area contributed by atoms with Crippen LogP contribution in [0.2, 0.25) is 0 Å². The van der Waals surface area contributed by atoms with Crippen molar-refractivity contribution in [3.05, 3.63) is 23.8 Å². The Labute approximate surface area is 114 Å². The molecule has 1 aromatic rings. The zero-order valence-electron chi connectivity index (χ0n) is 11.2. The fraction of sp³-hybridized carbons (Fsp3) is 0.538. The first kappa shape index (κ1) is 14.1. The van der Waals surface area contributed by atoms with Gasteiger partial charge in [-0.2, -0.15) is 0 Å². The topological polar surface area (TPSA) is 64.6 Å². The molecule has 0 spiro atoms. The van der Waals surface area contributed by atoms with Gasteiger partial charge in [0.25, 0.3) is 0 Å². The Morgan fingerprint density at radius 1 is 1.32 bits per heavy atom. The van der Waals surface area contributed by atoms with Gasteiger partial charge in [0.2, 0.25) is 16.8 Å². The first-order valence-electron chi connectivity index (χ1n) is 6.41. The molecule has 0 saturated heterocycles. The Bertz CT molecular complexity index is 542. The molecule has 0 bridgehead atoms. The van der Waals surface area contributed by atoms with E-state index in [9.17, 15) is 8.42 Å². The number of hydrogen-bond acceptors (Lipinski definition) is 4. The third kappa shape index (κ3) is 3.61. The number of benzene rings is 1. The van der Waals surface area contributed by atoms with E-state index in [0.29, 0.717) is 17.9 Å². The van der Waals surface area contributed by atoms with Crippen LogP contribution >= 0.6 is 0 Å². The highest BCUT2D eigenvalue weighted by molar-refractivity contribution is 7.89. The molecule has 2 rings (SSSR count). The minimum absolute atomic E-state index is 0.165. The average molecular weight is 285 g/mol. The van der Waals surface area contributed by atoms with E-state index in [1.54, 1.807) is 6.07 Å². The predicted octanol–water partition coefficient (Wildman–Crippen LogP) is 2.20. The number of sulfonamides is 1. The van der Waals surface area contributed by atoms with Crippen LogP contribution in [0, 0.1) is 0 Å². The quantitative estimate of drug-likeness (QED) is 0.870. The van der Waals surface area contributed by atoms with Crippen molar-refractivity contribution in [1.29, 1.82) is 0 Å². The summed E-state index contributed by atoms with van der Waals surface area (Å²) in [7, 11) is -3.23. The Morgan fingerprint density at radius 3 is 2.79 bits per heavy atom. The lowest BCUT2D eigenvalue weighted by atomic mass is 10.1. The molecule has 0 aliphatic carbocycles. The van der Waals surface area contributed by atoms with Crippen LogP contribution in [0.3, 0.4) is 0 Å². The van der Waals surface area contributed by atoms with E-state index in [1.165, 1.54) is 0 Å². The van der Waals surface area contributed by atoms with Gasteiger partial charge in [-0.25, -0.2) is 13.1 Å². The molecule has 1 aliphatic heterocycles. The highest BCUT2D eigenvalue weighted by Crippen LogP contribution is 2.34. The number of hydrogen-bond donors (Lipinski definition) is 1. The van der Waals surface area contributed by atoms with Crippen LogP contribution in [0.25, 0.3) is 0 Å². The van der Waals surface area contributed by atoms with Gasteiger partial charge >= 0.3 is 0 Å². The summed E-state index contributed by atoms with van der Waals surface area (Å²) < 4.78 is 36.9. The van der Waals surface area contributed by atoms with E-state index in [1.807, 2.05) is 26.0 Å². The summed E-state index contributed by atoms with van der Waals surface area (Å²) in [4.78, 5) is 0. The Hall–Kier alpha value is -1.27. The average Bonchev–Trinajstić information content (AvgIpc) is 2.83. The van der Waals surface area contributed by atoms with E-state index in [-0.39, 0.29) is 18.6 Å². The van der Waals surface area contributed by atoms with Crippen molar-refractivity contribution in [2.45, 2.75) is 32.7 Å². The highest BCUT2D eigenvalue weighted by Gasteiger charge is 2.19. The fourth-order valence-electron chi connectivity index (χ4n) is 1.91. The Balaban J connectivity index is 2.06. The Morgan fingerprint density at radius 2 is 2.05 bits per heavy atom. The zero-order valence-corrected chi connectivity index (χ0v) is 12.0. The molecule has 6 heteroatoms. The van der Waals surface area contributed by atoms with Gasteiger partial charge < -0.3 is 9.47 Å². The third-order valence-corrected chi connectivity index (χ3v) is 4.56. The zero-order chi connectivity index (χ0) is 13.9. The van der Waals surface area contributed by atoms with Crippen LogP contribution in [0.5, 0.6) is 11.5 Å². The van der Waals surface area contributed by atoms with E-state index in [4.69, 9.17) is 9.47 Å². The third-order valence-electron chi connectivity index (χ3n) is 3.02. The standard InChI is InChI=1S/C13H19NO4S/c1-3-4-7-19(15,16)14-10(2)11-5-6-12-13(8-11)18-9-17-12/h5-6,8,10,14H,3-4,7,9H2,1-2H3. The van der Waals surface area contributed by atoms with E-state index >= 15 is 0 Å². The van der Waals surface area contributed by atoms with Crippen LogP contribution < -0.4 is 14.2 Å². The van der Waals surface area contributed by atoms with Crippen LogP contribution in [0.4, 0.5) is 0 Å². The van der Waals surface area contributed by atoms with Gasteiger partial charge in [0.1, 0.15) is 0 Å². The fourth-order valence-corrected chi connectivity index (χ4v) is 3.37. The molecule has 1 aromatic carbocycles. The molecule has 1 atom stereocenters. The van der Waals surface area contributed by atoms with Crippen molar-refractivity contribution in [2.24, 2.45) is 0 Å². The van der Waals surface area contributed by atoms with Crippen LogP contribution in [0.1, 0.15) is 38.3 Å². The summed E-state index contributed by atoms with van der Waals surface area (Å²) in [6, 6.07) is 5.18. The van der Waals surface area contributed by atoms with Crippen molar-refractivity contribution in [3.63, 3.8) is 0 Å². The monoisotopic (exact) mass is 285 g/mol. The maximum Gasteiger partial charge on any atom is 0.231 e. The van der Waals surface area contributed by atoms with Gasteiger partial charge in [-0.15, -0.1) is 0 Å². The number of nitrogens with one attached hydrogen (secondary N) is 1. The molecule has 5 nitrogen and oxygen atoms in total. The molecule has 0 fully saturated rings. The van der Waals surface area contributed by atoms with E-state index in [2.05, 4.69) is 4.72 Å². The lowest BCUT2D eigenvalue weighted by Gasteiger charge is -2.15. The smallest absolute Gasteiger partial charge is 0.231 e. The highest BCUT2D eigenvalue weighted by atomic mass is 32.2. The van der Waals surface area contributed by atoms with Crippen molar-refractivity contribution in [2.75, 3.05) is 12.5 Å². The molecule has 0 amide bonds. The van der Waals surface area contributed by atoms with Gasteiger partial charge in [0, 0.05) is 6.04 Å². The van der Waals surface area contributed by atoms with Crippen LogP contribution in [0.15, 0.2) is 18.2 Å². The van der Waals surface area contributed by atoms with Crippen molar-refractivity contribution >= 4 is 10.0 Å². The first-order valence-corrected chi connectivity index (χ1v) is 8.06. The summed E-state index contributed by atoms with van der Waals surface area (Å²) >= 11 is 0. The second kappa shape index (κ2) is 5.79. The maximum atomic E-state index is 11.8. The lowest BCUT2D eigenvalue weighted by Crippen LogP contribution is -2.29. The largest absolute Gasteiger partial charge is 0.454 e.